The standard InChI is InChI=1S/C16H13N3O2/c17-15-12(16(18)20)5-3-7-14(15)21-11-8-10-4-1-2-6-13(10)19-9-11/h1-9H,17H2,(H2,18,20). The molecule has 0 unspecified atom stereocenters. The van der Waals surface area contributed by atoms with E-state index in [-0.39, 0.29) is 11.3 Å². The number of rotatable bonds is 3. The molecule has 0 radical (unpaired) electrons. The Hall–Kier alpha value is -3.08. The van der Waals surface area contributed by atoms with Gasteiger partial charge in [-0.15, -0.1) is 0 Å². The number of hydrogen-bond acceptors (Lipinski definition) is 4. The molecule has 1 heterocycles. The van der Waals surface area contributed by atoms with E-state index in [2.05, 4.69) is 4.98 Å². The number of hydrogen-bond donors (Lipinski definition) is 2. The molecule has 0 fully saturated rings. The number of pyridine rings is 1. The number of carbonyl (C=O) groups is 1. The van der Waals surface area contributed by atoms with E-state index < -0.39 is 5.91 Å². The van der Waals surface area contributed by atoms with Crippen LogP contribution in [0.4, 0.5) is 5.69 Å². The van der Waals surface area contributed by atoms with Crippen molar-refractivity contribution in [2.45, 2.75) is 0 Å². The Morgan fingerprint density at radius 2 is 1.90 bits per heavy atom. The van der Waals surface area contributed by atoms with Gasteiger partial charge in [0, 0.05) is 5.39 Å². The minimum absolute atomic E-state index is 0.221. The van der Waals surface area contributed by atoms with Gasteiger partial charge in [-0.2, -0.15) is 0 Å². The number of anilines is 1. The van der Waals surface area contributed by atoms with Crippen molar-refractivity contribution in [3.8, 4) is 11.5 Å². The van der Waals surface area contributed by atoms with Crippen LogP contribution in [-0.2, 0) is 0 Å². The second-order valence-corrected chi connectivity index (χ2v) is 4.55. The normalized spacial score (nSPS) is 10.5. The molecule has 0 aliphatic carbocycles. The molecule has 4 N–H and O–H groups in total. The van der Waals surface area contributed by atoms with Crippen LogP contribution >= 0.6 is 0 Å². The molecule has 3 rings (SSSR count). The van der Waals surface area contributed by atoms with Crippen LogP contribution < -0.4 is 16.2 Å². The number of nitrogens with zero attached hydrogens (tertiary/aromatic N) is 1. The Bertz CT molecular complexity index is 831. The number of nitrogen functional groups attached to an aromatic ring is 1. The molecular formula is C16H13N3O2. The van der Waals surface area contributed by atoms with Gasteiger partial charge in [0.2, 0.25) is 0 Å². The molecule has 1 amide bonds. The molecule has 0 bridgehead atoms. The molecule has 0 atom stereocenters. The second-order valence-electron chi connectivity index (χ2n) is 4.55. The first kappa shape index (κ1) is 12.9. The first-order chi connectivity index (χ1) is 10.1. The van der Waals surface area contributed by atoms with Gasteiger partial charge in [0.25, 0.3) is 5.91 Å². The lowest BCUT2D eigenvalue weighted by Crippen LogP contribution is -2.13. The van der Waals surface area contributed by atoms with E-state index in [1.165, 1.54) is 0 Å². The highest BCUT2D eigenvalue weighted by molar-refractivity contribution is 5.99. The summed E-state index contributed by atoms with van der Waals surface area (Å²) in [6.45, 7) is 0. The molecule has 0 aliphatic heterocycles. The average molecular weight is 279 g/mol. The molecule has 2 aromatic carbocycles. The van der Waals surface area contributed by atoms with Gasteiger partial charge in [0.15, 0.2) is 5.75 Å². The summed E-state index contributed by atoms with van der Waals surface area (Å²) in [7, 11) is 0. The van der Waals surface area contributed by atoms with E-state index in [4.69, 9.17) is 16.2 Å². The third kappa shape index (κ3) is 2.49. The van der Waals surface area contributed by atoms with Crippen molar-refractivity contribution in [3.05, 3.63) is 60.3 Å². The lowest BCUT2D eigenvalue weighted by Gasteiger charge is -2.10. The van der Waals surface area contributed by atoms with Gasteiger partial charge in [0.05, 0.1) is 23.0 Å². The maximum Gasteiger partial charge on any atom is 0.250 e. The summed E-state index contributed by atoms with van der Waals surface area (Å²) in [6, 6.07) is 14.5. The van der Waals surface area contributed by atoms with E-state index in [9.17, 15) is 4.79 Å². The van der Waals surface area contributed by atoms with Crippen LogP contribution in [0.1, 0.15) is 10.4 Å². The fraction of sp³-hybridized carbons (Fsp3) is 0. The number of aromatic nitrogens is 1. The van der Waals surface area contributed by atoms with Crippen LogP contribution in [0.25, 0.3) is 10.9 Å². The summed E-state index contributed by atoms with van der Waals surface area (Å²) in [5, 5.41) is 0.958. The van der Waals surface area contributed by atoms with E-state index >= 15 is 0 Å². The molecule has 5 nitrogen and oxygen atoms in total. The maximum absolute atomic E-state index is 11.3. The summed E-state index contributed by atoms with van der Waals surface area (Å²) >= 11 is 0. The van der Waals surface area contributed by atoms with Crippen molar-refractivity contribution >= 4 is 22.5 Å². The van der Waals surface area contributed by atoms with Crippen LogP contribution in [0, 0.1) is 0 Å². The number of para-hydroxylation sites is 2. The van der Waals surface area contributed by atoms with Crippen molar-refractivity contribution in [2.75, 3.05) is 5.73 Å². The Kier molecular flexibility index (Phi) is 3.16. The smallest absolute Gasteiger partial charge is 0.250 e. The summed E-state index contributed by atoms with van der Waals surface area (Å²) in [4.78, 5) is 15.6. The first-order valence-electron chi connectivity index (χ1n) is 6.36. The predicted molar refractivity (Wildman–Crippen MR) is 81.2 cm³/mol. The molecule has 1 aromatic heterocycles. The molecule has 5 heteroatoms. The van der Waals surface area contributed by atoms with Crippen molar-refractivity contribution < 1.29 is 9.53 Å². The van der Waals surface area contributed by atoms with E-state index in [0.29, 0.717) is 11.5 Å². The zero-order valence-corrected chi connectivity index (χ0v) is 11.1. The van der Waals surface area contributed by atoms with E-state index in [1.807, 2.05) is 30.3 Å². The Morgan fingerprint density at radius 3 is 2.71 bits per heavy atom. The van der Waals surface area contributed by atoms with Gasteiger partial charge < -0.3 is 16.2 Å². The van der Waals surface area contributed by atoms with Crippen molar-refractivity contribution in [1.82, 2.24) is 4.98 Å². The number of carbonyl (C=O) groups excluding carboxylic acids is 1. The highest BCUT2D eigenvalue weighted by Gasteiger charge is 2.11. The zero-order chi connectivity index (χ0) is 14.8. The summed E-state index contributed by atoms with van der Waals surface area (Å²) < 4.78 is 5.71. The largest absolute Gasteiger partial charge is 0.454 e. The van der Waals surface area contributed by atoms with E-state index in [1.54, 1.807) is 24.4 Å². The minimum Gasteiger partial charge on any atom is -0.454 e. The second kappa shape index (κ2) is 5.13. The summed E-state index contributed by atoms with van der Waals surface area (Å²) in [5.41, 5.74) is 12.5. The van der Waals surface area contributed by atoms with Crippen LogP contribution in [0.3, 0.4) is 0 Å². The molecule has 0 saturated carbocycles. The molecule has 0 aliphatic rings. The third-order valence-electron chi connectivity index (χ3n) is 3.12. The number of ether oxygens (including phenoxy) is 1. The quantitative estimate of drug-likeness (QED) is 0.721. The van der Waals surface area contributed by atoms with Crippen molar-refractivity contribution in [3.63, 3.8) is 0 Å². The number of primary amides is 1. The Morgan fingerprint density at radius 1 is 1.10 bits per heavy atom. The summed E-state index contributed by atoms with van der Waals surface area (Å²) in [5.74, 6) is 0.333. The van der Waals surface area contributed by atoms with Gasteiger partial charge in [-0.05, 0) is 24.3 Å². The van der Waals surface area contributed by atoms with Gasteiger partial charge in [-0.25, -0.2) is 0 Å². The van der Waals surface area contributed by atoms with E-state index in [0.717, 1.165) is 10.9 Å². The fourth-order valence-corrected chi connectivity index (χ4v) is 2.08. The van der Waals surface area contributed by atoms with Gasteiger partial charge >= 0.3 is 0 Å². The predicted octanol–water partition coefficient (Wildman–Crippen LogP) is 2.71. The zero-order valence-electron chi connectivity index (χ0n) is 11.1. The van der Waals surface area contributed by atoms with Gasteiger partial charge in [-0.3, -0.25) is 9.78 Å². The van der Waals surface area contributed by atoms with Crippen molar-refractivity contribution in [1.29, 1.82) is 0 Å². The molecule has 104 valence electrons. The first-order valence-corrected chi connectivity index (χ1v) is 6.36. The molecular weight excluding hydrogens is 266 g/mol. The molecule has 0 saturated heterocycles. The van der Waals surface area contributed by atoms with Gasteiger partial charge in [-0.1, -0.05) is 24.3 Å². The molecule has 21 heavy (non-hydrogen) atoms. The van der Waals surface area contributed by atoms with Crippen molar-refractivity contribution in [2.24, 2.45) is 5.73 Å². The number of nitrogens with two attached hydrogens (primary N) is 2. The monoisotopic (exact) mass is 279 g/mol. The third-order valence-corrected chi connectivity index (χ3v) is 3.12. The number of fused-ring (bicyclic) bond motifs is 1. The minimum atomic E-state index is -0.588. The molecule has 0 spiro atoms. The van der Waals surface area contributed by atoms with Crippen LogP contribution in [-0.4, -0.2) is 10.9 Å². The lowest BCUT2D eigenvalue weighted by molar-refractivity contribution is 0.100. The Labute approximate surface area is 121 Å². The molecule has 3 aromatic rings. The number of amides is 1. The maximum atomic E-state index is 11.3. The lowest BCUT2D eigenvalue weighted by atomic mass is 10.1. The average Bonchev–Trinajstić information content (AvgIpc) is 2.49. The highest BCUT2D eigenvalue weighted by Crippen LogP contribution is 2.30. The number of benzene rings is 2. The SMILES string of the molecule is NC(=O)c1cccc(Oc2cnc3ccccc3c2)c1N. The van der Waals surface area contributed by atoms with Crippen LogP contribution in [0.5, 0.6) is 11.5 Å². The highest BCUT2D eigenvalue weighted by atomic mass is 16.5. The van der Waals surface area contributed by atoms with Gasteiger partial charge in [0.1, 0.15) is 5.75 Å². The Balaban J connectivity index is 1.98. The fourth-order valence-electron chi connectivity index (χ4n) is 2.08. The van der Waals surface area contributed by atoms with Crippen LogP contribution in [0.15, 0.2) is 54.7 Å². The summed E-state index contributed by atoms with van der Waals surface area (Å²) in [6.07, 6.45) is 1.61. The van der Waals surface area contributed by atoms with Crippen LogP contribution in [0.2, 0.25) is 0 Å². The topological polar surface area (TPSA) is 91.2 Å².